The molecule has 1 aliphatic carbocycles. The molecule has 0 radical (unpaired) electrons. The minimum absolute atomic E-state index is 0.0251. The zero-order chi connectivity index (χ0) is 16.3. The monoisotopic (exact) mass is 337 g/mol. The van der Waals surface area contributed by atoms with Crippen LogP contribution in [-0.2, 0) is 25.8 Å². The molecule has 1 saturated heterocycles. The van der Waals surface area contributed by atoms with Crippen molar-refractivity contribution < 1.29 is 17.9 Å². The summed E-state index contributed by atoms with van der Waals surface area (Å²) in [5.74, 6) is -0.873. The molecule has 3 rings (SSSR count). The van der Waals surface area contributed by atoms with Gasteiger partial charge in [0, 0.05) is 13.2 Å². The standard InChI is InChI=1S/C17H23NO4S/c19-17(18-11-14-7-4-10-22-14)12-23(20,21)16-9-3-6-13-5-1-2-8-15(13)16/h1-2,5,8,14,16H,3-4,6-7,9-12H2,(H,18,19). The predicted molar refractivity (Wildman–Crippen MR) is 87.9 cm³/mol. The van der Waals surface area contributed by atoms with Gasteiger partial charge in [0.1, 0.15) is 5.75 Å². The number of hydrogen-bond acceptors (Lipinski definition) is 4. The molecule has 2 aliphatic rings. The summed E-state index contributed by atoms with van der Waals surface area (Å²) in [4.78, 5) is 12.0. The molecule has 2 unspecified atom stereocenters. The number of aryl methyl sites for hydroxylation is 1. The first-order valence-electron chi connectivity index (χ1n) is 8.24. The van der Waals surface area contributed by atoms with Crippen molar-refractivity contribution in [3.05, 3.63) is 35.4 Å². The van der Waals surface area contributed by atoms with E-state index < -0.39 is 26.7 Å². The normalized spacial score (nSPS) is 24.2. The molecule has 0 bridgehead atoms. The van der Waals surface area contributed by atoms with Crippen LogP contribution in [0, 0.1) is 0 Å². The molecule has 1 aromatic carbocycles. The first-order chi connectivity index (χ1) is 11.1. The van der Waals surface area contributed by atoms with Crippen LogP contribution < -0.4 is 5.32 Å². The highest BCUT2D eigenvalue weighted by Crippen LogP contribution is 2.35. The zero-order valence-corrected chi connectivity index (χ0v) is 14.0. The molecule has 1 aliphatic heterocycles. The van der Waals surface area contributed by atoms with Crippen molar-refractivity contribution in [1.82, 2.24) is 5.32 Å². The summed E-state index contributed by atoms with van der Waals surface area (Å²) >= 11 is 0. The molecule has 5 nitrogen and oxygen atoms in total. The number of carbonyl (C=O) groups excluding carboxylic acids is 1. The average molecular weight is 337 g/mol. The van der Waals surface area contributed by atoms with Gasteiger partial charge in [-0.2, -0.15) is 0 Å². The van der Waals surface area contributed by atoms with Gasteiger partial charge >= 0.3 is 0 Å². The minimum atomic E-state index is -3.49. The van der Waals surface area contributed by atoms with Crippen LogP contribution in [0.1, 0.15) is 42.1 Å². The van der Waals surface area contributed by atoms with E-state index in [0.29, 0.717) is 13.0 Å². The van der Waals surface area contributed by atoms with Crippen molar-refractivity contribution >= 4 is 15.7 Å². The van der Waals surface area contributed by atoms with Gasteiger partial charge in [-0.05, 0) is 43.2 Å². The third kappa shape index (κ3) is 3.93. The molecular weight excluding hydrogens is 314 g/mol. The Labute approximate surface area is 137 Å². The molecule has 1 N–H and O–H groups in total. The molecule has 23 heavy (non-hydrogen) atoms. The zero-order valence-electron chi connectivity index (χ0n) is 13.2. The first kappa shape index (κ1) is 16.5. The number of ether oxygens (including phenoxy) is 1. The number of benzene rings is 1. The van der Waals surface area contributed by atoms with E-state index in [9.17, 15) is 13.2 Å². The summed E-state index contributed by atoms with van der Waals surface area (Å²) in [5, 5.41) is 2.15. The highest BCUT2D eigenvalue weighted by Gasteiger charge is 2.33. The lowest BCUT2D eigenvalue weighted by Crippen LogP contribution is -2.37. The number of rotatable bonds is 5. The second kappa shape index (κ2) is 7.01. The summed E-state index contributed by atoms with van der Waals surface area (Å²) in [6.45, 7) is 1.12. The van der Waals surface area contributed by atoms with E-state index in [4.69, 9.17) is 4.74 Å². The lowest BCUT2D eigenvalue weighted by Gasteiger charge is -2.25. The average Bonchev–Trinajstić information content (AvgIpc) is 3.05. The first-order valence-corrected chi connectivity index (χ1v) is 9.95. The van der Waals surface area contributed by atoms with Gasteiger partial charge in [-0.25, -0.2) is 8.42 Å². The van der Waals surface area contributed by atoms with E-state index in [0.717, 1.165) is 43.4 Å². The Morgan fingerprint density at radius 1 is 1.22 bits per heavy atom. The lowest BCUT2D eigenvalue weighted by atomic mass is 9.91. The maximum absolute atomic E-state index is 12.7. The van der Waals surface area contributed by atoms with Gasteiger partial charge < -0.3 is 10.1 Å². The van der Waals surface area contributed by atoms with Crippen molar-refractivity contribution in [3.8, 4) is 0 Å². The fourth-order valence-corrected chi connectivity index (χ4v) is 5.26. The predicted octanol–water partition coefficient (Wildman–Crippen LogP) is 1.77. The molecule has 1 aromatic rings. The Kier molecular flexibility index (Phi) is 5.02. The molecule has 6 heteroatoms. The van der Waals surface area contributed by atoms with Crippen LogP contribution in [0.5, 0.6) is 0 Å². The van der Waals surface area contributed by atoms with Crippen molar-refractivity contribution in [3.63, 3.8) is 0 Å². The molecule has 1 heterocycles. The number of sulfone groups is 1. The van der Waals surface area contributed by atoms with Crippen molar-refractivity contribution in [2.75, 3.05) is 18.9 Å². The van der Waals surface area contributed by atoms with Gasteiger partial charge in [-0.3, -0.25) is 4.79 Å². The Hall–Kier alpha value is -1.40. The van der Waals surface area contributed by atoms with E-state index in [1.807, 2.05) is 24.3 Å². The molecule has 0 aromatic heterocycles. The maximum atomic E-state index is 12.7. The highest BCUT2D eigenvalue weighted by molar-refractivity contribution is 7.92. The second-order valence-electron chi connectivity index (χ2n) is 6.33. The fraction of sp³-hybridized carbons (Fsp3) is 0.588. The van der Waals surface area contributed by atoms with Crippen LogP contribution in [0.3, 0.4) is 0 Å². The molecule has 0 saturated carbocycles. The van der Waals surface area contributed by atoms with Crippen LogP contribution >= 0.6 is 0 Å². The highest BCUT2D eigenvalue weighted by atomic mass is 32.2. The van der Waals surface area contributed by atoms with Crippen LogP contribution in [0.25, 0.3) is 0 Å². The largest absolute Gasteiger partial charge is 0.376 e. The smallest absolute Gasteiger partial charge is 0.235 e. The van der Waals surface area contributed by atoms with E-state index in [1.54, 1.807) is 0 Å². The molecule has 0 spiro atoms. The summed E-state index contributed by atoms with van der Waals surface area (Å²) < 4.78 is 30.8. The summed E-state index contributed by atoms with van der Waals surface area (Å²) in [6.07, 6.45) is 4.29. The van der Waals surface area contributed by atoms with Crippen LogP contribution in [0.4, 0.5) is 0 Å². The van der Waals surface area contributed by atoms with Crippen LogP contribution in [-0.4, -0.2) is 39.3 Å². The number of hydrogen-bond donors (Lipinski definition) is 1. The molecule has 1 amide bonds. The molecular formula is C17H23NO4S. The third-order valence-electron chi connectivity index (χ3n) is 4.63. The minimum Gasteiger partial charge on any atom is -0.376 e. The Morgan fingerprint density at radius 3 is 2.83 bits per heavy atom. The van der Waals surface area contributed by atoms with E-state index in [2.05, 4.69) is 5.32 Å². The molecule has 126 valence electrons. The SMILES string of the molecule is O=C(CS(=O)(=O)C1CCCc2ccccc21)NCC1CCCO1. The Bertz CT molecular complexity index is 665. The van der Waals surface area contributed by atoms with Crippen molar-refractivity contribution in [1.29, 1.82) is 0 Å². The Balaban J connectivity index is 1.64. The Morgan fingerprint density at radius 2 is 2.04 bits per heavy atom. The van der Waals surface area contributed by atoms with Gasteiger partial charge in [-0.15, -0.1) is 0 Å². The number of fused-ring (bicyclic) bond motifs is 1. The van der Waals surface area contributed by atoms with Crippen molar-refractivity contribution in [2.24, 2.45) is 0 Å². The molecule has 1 fully saturated rings. The van der Waals surface area contributed by atoms with Crippen molar-refractivity contribution in [2.45, 2.75) is 43.5 Å². The number of amides is 1. The number of carbonyl (C=O) groups is 1. The van der Waals surface area contributed by atoms with Gasteiger partial charge in [0.2, 0.25) is 5.91 Å². The van der Waals surface area contributed by atoms with Gasteiger partial charge in [0.25, 0.3) is 0 Å². The van der Waals surface area contributed by atoms with Gasteiger partial charge in [0.05, 0.1) is 11.4 Å². The van der Waals surface area contributed by atoms with E-state index >= 15 is 0 Å². The quantitative estimate of drug-likeness (QED) is 0.889. The summed E-state index contributed by atoms with van der Waals surface area (Å²) in [7, 11) is -3.49. The summed E-state index contributed by atoms with van der Waals surface area (Å²) in [5.41, 5.74) is 1.96. The van der Waals surface area contributed by atoms with E-state index in [-0.39, 0.29) is 6.10 Å². The van der Waals surface area contributed by atoms with Crippen LogP contribution in [0.2, 0.25) is 0 Å². The van der Waals surface area contributed by atoms with Gasteiger partial charge in [0.15, 0.2) is 9.84 Å². The fourth-order valence-electron chi connectivity index (χ4n) is 3.45. The van der Waals surface area contributed by atoms with Crippen LogP contribution in [0.15, 0.2) is 24.3 Å². The maximum Gasteiger partial charge on any atom is 0.235 e. The van der Waals surface area contributed by atoms with E-state index in [1.165, 1.54) is 0 Å². The topological polar surface area (TPSA) is 72.5 Å². The number of nitrogens with one attached hydrogen (secondary N) is 1. The third-order valence-corrected chi connectivity index (χ3v) is 6.65. The lowest BCUT2D eigenvalue weighted by molar-refractivity contribution is -0.119. The second-order valence-corrected chi connectivity index (χ2v) is 8.51. The molecule has 2 atom stereocenters. The summed E-state index contributed by atoms with van der Waals surface area (Å²) in [6, 6.07) is 7.65. The van der Waals surface area contributed by atoms with Gasteiger partial charge in [-0.1, -0.05) is 24.3 Å².